The van der Waals surface area contributed by atoms with Crippen LogP contribution in [0.3, 0.4) is 0 Å². The van der Waals surface area contributed by atoms with Crippen molar-refractivity contribution in [2.45, 2.75) is 6.61 Å². The highest BCUT2D eigenvalue weighted by Gasteiger charge is 2.20. The molecule has 0 radical (unpaired) electrons. The molecule has 0 saturated carbocycles. The van der Waals surface area contributed by atoms with E-state index in [9.17, 15) is 20.2 Å². The number of carbonyl (C=O) groups is 1. The molecule has 0 amide bonds. The Labute approximate surface area is 148 Å². The van der Waals surface area contributed by atoms with E-state index in [1.165, 1.54) is 19.2 Å². The number of fused-ring (bicyclic) bond motifs is 1. The number of nitriles is 1. The normalized spacial score (nSPS) is 10.3. The largest absolute Gasteiger partial charge is 0.482 e. The third kappa shape index (κ3) is 3.06. The molecule has 0 bridgehead atoms. The second kappa shape index (κ2) is 6.94. The summed E-state index contributed by atoms with van der Waals surface area (Å²) in [5, 5.41) is 20.7. The lowest BCUT2D eigenvalue weighted by atomic mass is 10.1. The molecule has 0 unspecified atom stereocenters. The van der Waals surface area contributed by atoms with Gasteiger partial charge in [-0.15, -0.1) is 0 Å². The van der Waals surface area contributed by atoms with E-state index in [-0.39, 0.29) is 23.6 Å². The lowest BCUT2D eigenvalue weighted by Crippen LogP contribution is -2.04. The van der Waals surface area contributed by atoms with Crippen LogP contribution in [-0.4, -0.2) is 22.4 Å². The van der Waals surface area contributed by atoms with E-state index in [4.69, 9.17) is 4.74 Å². The van der Waals surface area contributed by atoms with Gasteiger partial charge < -0.3 is 13.9 Å². The molecule has 2 aromatic heterocycles. The van der Waals surface area contributed by atoms with E-state index in [0.29, 0.717) is 11.1 Å². The van der Waals surface area contributed by atoms with Gasteiger partial charge in [-0.3, -0.25) is 10.1 Å². The molecule has 0 fully saturated rings. The van der Waals surface area contributed by atoms with Crippen molar-refractivity contribution >= 4 is 17.2 Å². The summed E-state index contributed by atoms with van der Waals surface area (Å²) in [5.74, 6) is -0.674. The maximum Gasteiger partial charge on any atom is 0.338 e. The topological polar surface area (TPSA) is 107 Å². The van der Waals surface area contributed by atoms with Gasteiger partial charge in [-0.25, -0.2) is 4.79 Å². The van der Waals surface area contributed by atoms with Crippen molar-refractivity contribution in [3.05, 3.63) is 75.6 Å². The Morgan fingerprint density at radius 3 is 2.85 bits per heavy atom. The molecule has 8 nitrogen and oxygen atoms in total. The van der Waals surface area contributed by atoms with Crippen molar-refractivity contribution < 1.29 is 19.2 Å². The van der Waals surface area contributed by atoms with Crippen molar-refractivity contribution in [3.8, 4) is 11.8 Å². The Kier molecular flexibility index (Phi) is 4.53. The molecule has 0 aliphatic heterocycles. The zero-order chi connectivity index (χ0) is 18.7. The molecule has 0 N–H and O–H groups in total. The average Bonchev–Trinajstić information content (AvgIpc) is 3.02. The van der Waals surface area contributed by atoms with E-state index in [0.717, 1.165) is 11.6 Å². The van der Waals surface area contributed by atoms with Crippen LogP contribution < -0.4 is 4.74 Å². The third-order valence-electron chi connectivity index (χ3n) is 3.83. The maximum atomic E-state index is 11.5. The molecule has 1 aromatic carbocycles. The highest BCUT2D eigenvalue weighted by molar-refractivity contribution is 5.90. The minimum atomic E-state index is -0.676. The first-order valence-electron chi connectivity index (χ1n) is 7.53. The number of rotatable bonds is 5. The Hall–Kier alpha value is -3.86. The highest BCUT2D eigenvalue weighted by Crippen LogP contribution is 2.30. The number of hydrogen-bond acceptors (Lipinski definition) is 6. The summed E-state index contributed by atoms with van der Waals surface area (Å²) in [6.45, 7) is -0.0248. The predicted octanol–water partition coefficient (Wildman–Crippen LogP) is 3.08. The molecule has 0 aliphatic rings. The number of nitro benzene ring substituents is 1. The molecule has 3 aromatic rings. The fraction of sp³-hybridized carbons (Fsp3) is 0.111. The zero-order valence-corrected chi connectivity index (χ0v) is 13.7. The van der Waals surface area contributed by atoms with Crippen molar-refractivity contribution in [1.29, 1.82) is 5.26 Å². The van der Waals surface area contributed by atoms with Crippen LogP contribution in [-0.2, 0) is 11.3 Å². The monoisotopic (exact) mass is 351 g/mol. The molecule has 26 heavy (non-hydrogen) atoms. The molecular weight excluding hydrogens is 338 g/mol. The molecule has 130 valence electrons. The first kappa shape index (κ1) is 17.0. The number of hydrogen-bond donors (Lipinski definition) is 0. The smallest absolute Gasteiger partial charge is 0.338 e. The van der Waals surface area contributed by atoms with Crippen LogP contribution in [0.25, 0.3) is 5.52 Å². The second-order valence-electron chi connectivity index (χ2n) is 5.35. The van der Waals surface area contributed by atoms with Crippen molar-refractivity contribution in [3.63, 3.8) is 0 Å². The standard InChI is InChI=1S/C18H13N3O5/c1-25-18(22)12-5-6-17(16(8-12)21(23)24)26-11-13-10-20-7-3-2-4-15(20)14(13)9-19/h2-8,10H,11H2,1H3. The minimum Gasteiger partial charge on any atom is -0.482 e. The molecular formula is C18H13N3O5. The Balaban J connectivity index is 1.92. The zero-order valence-electron chi connectivity index (χ0n) is 13.7. The summed E-state index contributed by atoms with van der Waals surface area (Å²) < 4.78 is 11.9. The van der Waals surface area contributed by atoms with Crippen LogP contribution in [0.5, 0.6) is 5.75 Å². The predicted molar refractivity (Wildman–Crippen MR) is 90.9 cm³/mol. The Morgan fingerprint density at radius 2 is 2.15 bits per heavy atom. The lowest BCUT2D eigenvalue weighted by Gasteiger charge is -2.07. The number of ether oxygens (including phenoxy) is 2. The van der Waals surface area contributed by atoms with Gasteiger partial charge in [0, 0.05) is 24.0 Å². The van der Waals surface area contributed by atoms with E-state index >= 15 is 0 Å². The highest BCUT2D eigenvalue weighted by atomic mass is 16.6. The van der Waals surface area contributed by atoms with Gasteiger partial charge >= 0.3 is 11.7 Å². The van der Waals surface area contributed by atoms with Crippen LogP contribution in [0.2, 0.25) is 0 Å². The van der Waals surface area contributed by atoms with Crippen molar-refractivity contribution in [1.82, 2.24) is 4.40 Å². The van der Waals surface area contributed by atoms with E-state index < -0.39 is 10.9 Å². The Morgan fingerprint density at radius 1 is 1.35 bits per heavy atom. The third-order valence-corrected chi connectivity index (χ3v) is 3.83. The molecule has 3 rings (SSSR count). The summed E-state index contributed by atoms with van der Waals surface area (Å²) in [4.78, 5) is 22.2. The first-order valence-corrected chi connectivity index (χ1v) is 7.53. The van der Waals surface area contributed by atoms with Gasteiger partial charge in [0.1, 0.15) is 12.7 Å². The maximum absolute atomic E-state index is 11.5. The summed E-state index contributed by atoms with van der Waals surface area (Å²) in [7, 11) is 1.19. The van der Waals surface area contributed by atoms with Gasteiger partial charge in [0.2, 0.25) is 0 Å². The van der Waals surface area contributed by atoms with Crippen LogP contribution in [0, 0.1) is 21.4 Å². The molecule has 0 atom stereocenters. The number of nitro groups is 1. The second-order valence-corrected chi connectivity index (χ2v) is 5.35. The number of methoxy groups -OCH3 is 1. The number of aromatic nitrogens is 1. The van der Waals surface area contributed by atoms with Crippen LogP contribution >= 0.6 is 0 Å². The van der Waals surface area contributed by atoms with Crippen LogP contribution in [0.4, 0.5) is 5.69 Å². The van der Waals surface area contributed by atoms with Gasteiger partial charge in [-0.2, -0.15) is 5.26 Å². The number of pyridine rings is 1. The van der Waals surface area contributed by atoms with Crippen molar-refractivity contribution in [2.24, 2.45) is 0 Å². The van der Waals surface area contributed by atoms with E-state index in [2.05, 4.69) is 10.8 Å². The molecule has 0 saturated heterocycles. The van der Waals surface area contributed by atoms with Crippen molar-refractivity contribution in [2.75, 3.05) is 7.11 Å². The summed E-state index contributed by atoms with van der Waals surface area (Å²) in [6, 6.07) is 11.4. The summed E-state index contributed by atoms with van der Waals surface area (Å²) in [6.07, 6.45) is 3.54. The Bertz CT molecular complexity index is 1050. The fourth-order valence-corrected chi connectivity index (χ4v) is 2.60. The van der Waals surface area contributed by atoms with Gasteiger partial charge in [0.25, 0.3) is 0 Å². The van der Waals surface area contributed by atoms with Gasteiger partial charge in [-0.05, 0) is 24.3 Å². The molecule has 0 spiro atoms. The number of carbonyl (C=O) groups excluding carboxylic acids is 1. The minimum absolute atomic E-state index is 0.00167. The average molecular weight is 351 g/mol. The molecule has 0 aliphatic carbocycles. The van der Waals surface area contributed by atoms with Crippen LogP contribution in [0.1, 0.15) is 21.5 Å². The van der Waals surface area contributed by atoms with E-state index in [1.807, 2.05) is 12.1 Å². The van der Waals surface area contributed by atoms with Crippen LogP contribution in [0.15, 0.2) is 48.8 Å². The number of nitrogens with zero attached hydrogens (tertiary/aromatic N) is 3. The first-order chi connectivity index (χ1) is 12.5. The SMILES string of the molecule is COC(=O)c1ccc(OCc2cn3ccccc3c2C#N)c([N+](=O)[O-])c1. The van der Waals surface area contributed by atoms with Gasteiger partial charge in [0.15, 0.2) is 5.75 Å². The molecule has 8 heteroatoms. The van der Waals surface area contributed by atoms with Gasteiger partial charge in [0.05, 0.1) is 28.7 Å². The molecule has 2 heterocycles. The van der Waals surface area contributed by atoms with Gasteiger partial charge in [-0.1, -0.05) is 6.07 Å². The lowest BCUT2D eigenvalue weighted by molar-refractivity contribution is -0.386. The fourth-order valence-electron chi connectivity index (χ4n) is 2.60. The summed E-state index contributed by atoms with van der Waals surface area (Å²) >= 11 is 0. The quantitative estimate of drug-likeness (QED) is 0.397. The summed E-state index contributed by atoms with van der Waals surface area (Å²) in [5.41, 5.74) is 1.47. The number of benzene rings is 1. The number of esters is 1. The van der Waals surface area contributed by atoms with E-state index in [1.54, 1.807) is 22.9 Å².